The van der Waals surface area contributed by atoms with Crippen LogP contribution in [0.2, 0.25) is 0 Å². The van der Waals surface area contributed by atoms with Gasteiger partial charge in [0.05, 0.1) is 5.75 Å². The van der Waals surface area contributed by atoms with E-state index in [9.17, 15) is 8.42 Å². The molecule has 1 aromatic rings. The second-order valence-corrected chi connectivity index (χ2v) is 6.87. The van der Waals surface area contributed by atoms with Gasteiger partial charge in [-0.2, -0.15) is 0 Å². The molecule has 1 aliphatic heterocycles. The smallest absolute Gasteiger partial charge is 0.236 e. The van der Waals surface area contributed by atoms with Crippen LogP contribution in [0.5, 0.6) is 0 Å². The Labute approximate surface area is 100 Å². The molecule has 3 nitrogen and oxygen atoms in total. The molecule has 5 heteroatoms. The Balaban J connectivity index is 2.22. The number of nitrogens with zero attached hydrogens (tertiary/aromatic N) is 1. The van der Waals surface area contributed by atoms with Gasteiger partial charge in [-0.3, -0.25) is 4.90 Å². The molecule has 2 rings (SSSR count). The molecule has 0 spiro atoms. The van der Waals surface area contributed by atoms with Gasteiger partial charge < -0.3 is 0 Å². The molecule has 0 amide bonds. The summed E-state index contributed by atoms with van der Waals surface area (Å²) in [6.07, 6.45) is 0. The van der Waals surface area contributed by atoms with Crippen molar-refractivity contribution in [3.8, 4) is 0 Å². The Bertz CT molecular complexity index is 499. The standard InChI is InChI=1S/C11H14ClNO2S/c1-2-13-6-10-4-3-9(5-11(10)7-13)8-16(12,14)15/h3-5H,2,6-8H2,1H3. The molecule has 0 aliphatic carbocycles. The van der Waals surface area contributed by atoms with E-state index < -0.39 is 9.05 Å². The maximum absolute atomic E-state index is 11.0. The van der Waals surface area contributed by atoms with Gasteiger partial charge in [0, 0.05) is 23.8 Å². The summed E-state index contributed by atoms with van der Waals surface area (Å²) in [7, 11) is 1.78. The summed E-state index contributed by atoms with van der Waals surface area (Å²) in [5.41, 5.74) is 3.28. The van der Waals surface area contributed by atoms with E-state index in [4.69, 9.17) is 10.7 Å². The maximum atomic E-state index is 11.0. The average Bonchev–Trinajstić information content (AvgIpc) is 2.57. The minimum atomic E-state index is -3.46. The Morgan fingerprint density at radius 2 is 2.00 bits per heavy atom. The zero-order chi connectivity index (χ0) is 11.8. The maximum Gasteiger partial charge on any atom is 0.236 e. The lowest BCUT2D eigenvalue weighted by Crippen LogP contribution is -2.14. The summed E-state index contributed by atoms with van der Waals surface area (Å²) in [5, 5.41) is 0. The Morgan fingerprint density at radius 1 is 1.31 bits per heavy atom. The van der Waals surface area contributed by atoms with E-state index in [-0.39, 0.29) is 5.75 Å². The third kappa shape index (κ3) is 2.75. The Hall–Kier alpha value is -0.580. The predicted molar refractivity (Wildman–Crippen MR) is 64.7 cm³/mol. The van der Waals surface area contributed by atoms with E-state index >= 15 is 0 Å². The van der Waals surface area contributed by atoms with E-state index in [0.717, 1.165) is 25.2 Å². The number of benzene rings is 1. The largest absolute Gasteiger partial charge is 0.295 e. The summed E-state index contributed by atoms with van der Waals surface area (Å²) in [4.78, 5) is 2.31. The molecule has 1 aromatic carbocycles. The van der Waals surface area contributed by atoms with Crippen molar-refractivity contribution in [2.24, 2.45) is 0 Å². The predicted octanol–water partition coefficient (Wildman–Crippen LogP) is 2.09. The zero-order valence-corrected chi connectivity index (χ0v) is 10.7. The zero-order valence-electron chi connectivity index (χ0n) is 9.11. The molecule has 0 saturated heterocycles. The van der Waals surface area contributed by atoms with E-state index in [1.165, 1.54) is 11.1 Å². The highest BCUT2D eigenvalue weighted by molar-refractivity contribution is 8.13. The number of hydrogen-bond acceptors (Lipinski definition) is 3. The molecule has 0 bridgehead atoms. The lowest BCUT2D eigenvalue weighted by Gasteiger charge is -2.09. The topological polar surface area (TPSA) is 37.4 Å². The van der Waals surface area contributed by atoms with Crippen molar-refractivity contribution in [2.45, 2.75) is 25.8 Å². The first-order valence-corrected chi connectivity index (χ1v) is 7.71. The molecule has 0 fully saturated rings. The first-order chi connectivity index (χ1) is 7.48. The van der Waals surface area contributed by atoms with E-state index in [0.29, 0.717) is 0 Å². The van der Waals surface area contributed by atoms with Crippen LogP contribution < -0.4 is 0 Å². The molecular weight excluding hydrogens is 246 g/mol. The average molecular weight is 260 g/mol. The molecule has 0 unspecified atom stereocenters. The van der Waals surface area contributed by atoms with Crippen molar-refractivity contribution < 1.29 is 8.42 Å². The van der Waals surface area contributed by atoms with Crippen LogP contribution in [0.4, 0.5) is 0 Å². The van der Waals surface area contributed by atoms with E-state index in [1.807, 2.05) is 18.2 Å². The molecular formula is C11H14ClNO2S. The minimum Gasteiger partial charge on any atom is -0.295 e. The van der Waals surface area contributed by atoms with Crippen LogP contribution in [0.15, 0.2) is 18.2 Å². The van der Waals surface area contributed by atoms with Crippen LogP contribution in [0.3, 0.4) is 0 Å². The summed E-state index contributed by atoms with van der Waals surface area (Å²) in [5.74, 6) is -0.0893. The molecule has 0 N–H and O–H groups in total. The van der Waals surface area contributed by atoms with Crippen LogP contribution in [0.1, 0.15) is 23.6 Å². The van der Waals surface area contributed by atoms with Gasteiger partial charge in [0.1, 0.15) is 0 Å². The SMILES string of the molecule is CCN1Cc2ccc(CS(=O)(=O)Cl)cc2C1. The summed E-state index contributed by atoms with van der Waals surface area (Å²) in [6, 6.07) is 5.80. The highest BCUT2D eigenvalue weighted by atomic mass is 35.7. The van der Waals surface area contributed by atoms with Crippen LogP contribution in [-0.4, -0.2) is 19.9 Å². The fourth-order valence-corrected chi connectivity index (χ4v) is 2.99. The van der Waals surface area contributed by atoms with Gasteiger partial charge in [0.2, 0.25) is 9.05 Å². The van der Waals surface area contributed by atoms with Gasteiger partial charge >= 0.3 is 0 Å². The number of fused-ring (bicyclic) bond motifs is 1. The van der Waals surface area contributed by atoms with Crippen LogP contribution in [0, 0.1) is 0 Å². The molecule has 1 heterocycles. The highest BCUT2D eigenvalue weighted by Crippen LogP contribution is 2.24. The van der Waals surface area contributed by atoms with Gasteiger partial charge in [-0.05, 0) is 23.2 Å². The third-order valence-corrected chi connectivity index (χ3v) is 3.85. The third-order valence-electron chi connectivity index (χ3n) is 2.84. The molecule has 0 saturated carbocycles. The quantitative estimate of drug-likeness (QED) is 0.780. The fourth-order valence-electron chi connectivity index (χ4n) is 2.03. The molecule has 0 radical (unpaired) electrons. The lowest BCUT2D eigenvalue weighted by molar-refractivity contribution is 0.301. The van der Waals surface area contributed by atoms with Crippen LogP contribution in [-0.2, 0) is 27.9 Å². The van der Waals surface area contributed by atoms with Gasteiger partial charge in [-0.1, -0.05) is 25.1 Å². The molecule has 16 heavy (non-hydrogen) atoms. The van der Waals surface area contributed by atoms with Crippen LogP contribution >= 0.6 is 10.7 Å². The number of rotatable bonds is 3. The van der Waals surface area contributed by atoms with Gasteiger partial charge in [-0.15, -0.1) is 0 Å². The fraction of sp³-hybridized carbons (Fsp3) is 0.455. The van der Waals surface area contributed by atoms with Crippen molar-refractivity contribution in [3.63, 3.8) is 0 Å². The van der Waals surface area contributed by atoms with Crippen molar-refractivity contribution >= 4 is 19.7 Å². The van der Waals surface area contributed by atoms with Crippen molar-refractivity contribution in [1.29, 1.82) is 0 Å². The van der Waals surface area contributed by atoms with Crippen molar-refractivity contribution in [1.82, 2.24) is 4.90 Å². The first kappa shape index (κ1) is 11.9. The summed E-state index contributed by atoms with van der Waals surface area (Å²) >= 11 is 0. The Morgan fingerprint density at radius 3 is 2.62 bits per heavy atom. The van der Waals surface area contributed by atoms with Crippen molar-refractivity contribution in [2.75, 3.05) is 6.54 Å². The number of hydrogen-bond donors (Lipinski definition) is 0. The van der Waals surface area contributed by atoms with Gasteiger partial charge in [0.25, 0.3) is 0 Å². The number of halogens is 1. The first-order valence-electron chi connectivity index (χ1n) is 5.23. The van der Waals surface area contributed by atoms with E-state index in [2.05, 4.69) is 11.8 Å². The monoisotopic (exact) mass is 259 g/mol. The van der Waals surface area contributed by atoms with E-state index in [1.54, 1.807) is 0 Å². The Kier molecular flexibility index (Phi) is 3.24. The van der Waals surface area contributed by atoms with Gasteiger partial charge in [0.15, 0.2) is 0 Å². The van der Waals surface area contributed by atoms with Crippen molar-refractivity contribution in [3.05, 3.63) is 34.9 Å². The highest BCUT2D eigenvalue weighted by Gasteiger charge is 2.18. The molecule has 0 atom stereocenters. The second-order valence-electron chi connectivity index (χ2n) is 4.09. The minimum absolute atomic E-state index is 0.0893. The summed E-state index contributed by atoms with van der Waals surface area (Å²) < 4.78 is 22.0. The summed E-state index contributed by atoms with van der Waals surface area (Å²) in [6.45, 7) is 5.00. The van der Waals surface area contributed by atoms with Crippen LogP contribution in [0.25, 0.3) is 0 Å². The lowest BCUT2D eigenvalue weighted by atomic mass is 10.1. The normalized spacial score (nSPS) is 16.4. The molecule has 0 aromatic heterocycles. The molecule has 88 valence electrons. The van der Waals surface area contributed by atoms with Gasteiger partial charge in [-0.25, -0.2) is 8.42 Å². The molecule has 1 aliphatic rings. The second kappa shape index (κ2) is 4.35.